The summed E-state index contributed by atoms with van der Waals surface area (Å²) in [6.07, 6.45) is 18.9. The quantitative estimate of drug-likeness (QED) is 0.0285. The van der Waals surface area contributed by atoms with Crippen LogP contribution in [0.5, 0.6) is 0 Å². The highest BCUT2D eigenvalue weighted by Crippen LogP contribution is 2.50. The molecule has 0 bridgehead atoms. The summed E-state index contributed by atoms with van der Waals surface area (Å²) < 4.78 is 47.0. The van der Waals surface area contributed by atoms with E-state index in [2.05, 4.69) is 121 Å². The van der Waals surface area contributed by atoms with Gasteiger partial charge in [0.2, 0.25) is 5.69 Å². The largest absolute Gasteiger partial charge is 0.382 e. The molecule has 2 atom stereocenters. The van der Waals surface area contributed by atoms with Crippen molar-refractivity contribution < 1.29 is 61.7 Å². The van der Waals surface area contributed by atoms with Crippen LogP contribution in [0.4, 0.5) is 11.4 Å². The van der Waals surface area contributed by atoms with E-state index in [0.717, 1.165) is 44.5 Å². The number of imide groups is 1. The summed E-state index contributed by atoms with van der Waals surface area (Å²) in [7, 11) is 3.31. The molecule has 0 radical (unpaired) electrons. The van der Waals surface area contributed by atoms with Crippen molar-refractivity contribution in [1.29, 1.82) is 0 Å². The SMILES string of the molecule is CCN1/C(=C/C=C/C=C/C=C/C2=[N+](CCCCCC(=O)ON3C(=O)CCC3=O)c3ccccc3C2(C)CCOCCOCCOCCOC)C(C)(CCOCCOCCOCCOC)c2ccccc21. The van der Waals surface area contributed by atoms with Gasteiger partial charge in [-0.2, -0.15) is 4.58 Å². The number of likely N-dealkylation sites (N-methyl/N-ethyl adjacent to an activating group) is 1. The molecule has 2 unspecified atom stereocenters. The number of ether oxygens (including phenoxy) is 8. The number of hydrogen-bond acceptors (Lipinski definition) is 13. The van der Waals surface area contributed by atoms with Crippen molar-refractivity contribution in [3.05, 3.63) is 108 Å². The van der Waals surface area contributed by atoms with E-state index in [9.17, 15) is 14.4 Å². The van der Waals surface area contributed by atoms with Gasteiger partial charge in [0, 0.05) is 94.2 Å². The third kappa shape index (κ3) is 16.4. The monoisotopic (exact) mass is 973 g/mol. The van der Waals surface area contributed by atoms with Gasteiger partial charge in [-0.15, -0.1) is 5.06 Å². The molecule has 1 saturated heterocycles. The van der Waals surface area contributed by atoms with Crippen LogP contribution in [0.3, 0.4) is 0 Å². The van der Waals surface area contributed by atoms with E-state index in [0.29, 0.717) is 104 Å². The second-order valence-electron chi connectivity index (χ2n) is 17.7. The highest BCUT2D eigenvalue weighted by molar-refractivity contribution is 6.03. The van der Waals surface area contributed by atoms with Crippen LogP contribution in [0.2, 0.25) is 0 Å². The zero-order chi connectivity index (χ0) is 49.9. The number of carbonyl (C=O) groups is 3. The Morgan fingerprint density at radius 2 is 1.13 bits per heavy atom. The molecule has 384 valence electrons. The molecule has 0 aromatic heterocycles. The lowest BCUT2D eigenvalue weighted by Gasteiger charge is -2.30. The minimum atomic E-state index is -0.569. The van der Waals surface area contributed by atoms with E-state index in [-0.39, 0.29) is 30.1 Å². The van der Waals surface area contributed by atoms with Crippen molar-refractivity contribution in [3.8, 4) is 0 Å². The summed E-state index contributed by atoms with van der Waals surface area (Å²) >= 11 is 0. The van der Waals surface area contributed by atoms with E-state index in [1.807, 2.05) is 0 Å². The third-order valence-corrected chi connectivity index (χ3v) is 12.9. The van der Waals surface area contributed by atoms with E-state index in [1.165, 1.54) is 28.2 Å². The van der Waals surface area contributed by atoms with Crippen LogP contribution in [-0.2, 0) is 67.9 Å². The number of hydrogen-bond donors (Lipinski definition) is 0. The van der Waals surface area contributed by atoms with Crippen LogP contribution in [0.1, 0.15) is 83.3 Å². The fourth-order valence-corrected chi connectivity index (χ4v) is 9.07. The summed E-state index contributed by atoms with van der Waals surface area (Å²) in [6, 6.07) is 17.2. The Morgan fingerprint density at radius 1 is 0.614 bits per heavy atom. The Kier molecular flexibility index (Phi) is 24.7. The lowest BCUT2D eigenvalue weighted by atomic mass is 9.76. The molecule has 2 amide bonds. The highest BCUT2D eigenvalue weighted by atomic mass is 16.7. The maximum absolute atomic E-state index is 12.5. The molecule has 0 spiro atoms. The lowest BCUT2D eigenvalue weighted by Crippen LogP contribution is -2.33. The minimum absolute atomic E-state index is 0.0724. The smallest absolute Gasteiger partial charge is 0.333 e. The van der Waals surface area contributed by atoms with E-state index < -0.39 is 17.8 Å². The summed E-state index contributed by atoms with van der Waals surface area (Å²) in [6.45, 7) is 15.9. The zero-order valence-corrected chi connectivity index (χ0v) is 42.4. The van der Waals surface area contributed by atoms with E-state index in [4.69, 9.17) is 42.7 Å². The average Bonchev–Trinajstić information content (AvgIpc) is 3.90. The molecular formula is C55H78N3O12+. The van der Waals surface area contributed by atoms with Gasteiger partial charge in [-0.3, -0.25) is 9.59 Å². The molecule has 3 aliphatic heterocycles. The molecule has 3 aliphatic rings. The van der Waals surface area contributed by atoms with E-state index >= 15 is 0 Å². The van der Waals surface area contributed by atoms with Crippen LogP contribution in [0.15, 0.2) is 96.8 Å². The molecule has 0 aliphatic carbocycles. The van der Waals surface area contributed by atoms with Gasteiger partial charge in [0.25, 0.3) is 11.8 Å². The number of rotatable bonds is 36. The predicted octanol–water partition coefficient (Wildman–Crippen LogP) is 7.73. The van der Waals surface area contributed by atoms with Crippen molar-refractivity contribution in [2.45, 2.75) is 83.0 Å². The fourth-order valence-electron chi connectivity index (χ4n) is 9.07. The molecule has 2 aromatic rings. The number of methoxy groups -OCH3 is 2. The van der Waals surface area contributed by atoms with Crippen LogP contribution in [0, 0.1) is 0 Å². The van der Waals surface area contributed by atoms with E-state index in [1.54, 1.807) is 14.2 Å². The summed E-state index contributed by atoms with van der Waals surface area (Å²) in [5, 5.41) is 0.615. The molecule has 15 heteroatoms. The summed E-state index contributed by atoms with van der Waals surface area (Å²) in [4.78, 5) is 43.8. The third-order valence-electron chi connectivity index (χ3n) is 12.9. The van der Waals surface area contributed by atoms with Gasteiger partial charge in [0.15, 0.2) is 5.71 Å². The van der Waals surface area contributed by atoms with Crippen LogP contribution in [-0.4, -0.2) is 153 Å². The maximum atomic E-state index is 12.5. The molecule has 0 saturated carbocycles. The predicted molar refractivity (Wildman–Crippen MR) is 269 cm³/mol. The molecule has 0 N–H and O–H groups in total. The highest BCUT2D eigenvalue weighted by Gasteiger charge is 2.47. The minimum Gasteiger partial charge on any atom is -0.382 e. The number of hydroxylamine groups is 2. The van der Waals surface area contributed by atoms with Gasteiger partial charge in [-0.25, -0.2) is 4.79 Å². The normalized spacial score (nSPS) is 19.6. The number of benzene rings is 2. The number of fused-ring (bicyclic) bond motifs is 2. The Hall–Kier alpha value is -4.84. The van der Waals surface area contributed by atoms with Gasteiger partial charge < -0.3 is 47.6 Å². The Bertz CT molecular complexity index is 2090. The molecule has 70 heavy (non-hydrogen) atoms. The summed E-state index contributed by atoms with van der Waals surface area (Å²) in [5.41, 5.74) is 6.77. The number of unbranched alkanes of at least 4 members (excludes halogenated alkanes) is 2. The number of allylic oxidation sites excluding steroid dienone is 8. The van der Waals surface area contributed by atoms with Crippen LogP contribution in [0.25, 0.3) is 0 Å². The molecule has 1 fully saturated rings. The zero-order valence-electron chi connectivity index (χ0n) is 42.4. The lowest BCUT2D eigenvalue weighted by molar-refractivity contribution is -0.438. The number of para-hydroxylation sites is 2. The van der Waals surface area contributed by atoms with Gasteiger partial charge in [0.1, 0.15) is 6.54 Å². The van der Waals surface area contributed by atoms with Crippen molar-refractivity contribution in [3.63, 3.8) is 0 Å². The first-order valence-electron chi connectivity index (χ1n) is 25.0. The molecule has 2 aromatic carbocycles. The fraction of sp³-hybridized carbons (Fsp3) is 0.564. The number of nitrogens with zero attached hydrogens (tertiary/aromatic N) is 3. The van der Waals surface area contributed by atoms with Gasteiger partial charge in [0.05, 0.1) is 84.7 Å². The number of carbonyl (C=O) groups excluding carboxylic acids is 3. The second kappa shape index (κ2) is 30.8. The first-order chi connectivity index (χ1) is 34.2. The average molecular weight is 973 g/mol. The summed E-state index contributed by atoms with van der Waals surface area (Å²) in [5.74, 6) is -1.51. The van der Waals surface area contributed by atoms with Crippen LogP contribution < -0.4 is 4.90 Å². The molecule has 5 rings (SSSR count). The van der Waals surface area contributed by atoms with Crippen LogP contribution >= 0.6 is 0 Å². The van der Waals surface area contributed by atoms with Gasteiger partial charge in [-0.05, 0) is 64.2 Å². The first kappa shape index (κ1) is 56.1. The molecule has 3 heterocycles. The van der Waals surface area contributed by atoms with Crippen molar-refractivity contribution in [1.82, 2.24) is 5.06 Å². The van der Waals surface area contributed by atoms with Crippen molar-refractivity contribution >= 4 is 34.9 Å². The Balaban J connectivity index is 1.23. The Morgan fingerprint density at radius 3 is 1.73 bits per heavy atom. The van der Waals surface area contributed by atoms with Crippen molar-refractivity contribution in [2.24, 2.45) is 0 Å². The number of amides is 2. The molecule has 15 nitrogen and oxygen atoms in total. The van der Waals surface area contributed by atoms with Crippen molar-refractivity contribution in [2.75, 3.05) is 125 Å². The second-order valence-corrected chi connectivity index (χ2v) is 17.7. The Labute approximate surface area is 415 Å². The maximum Gasteiger partial charge on any atom is 0.333 e. The first-order valence-corrected chi connectivity index (χ1v) is 25.0. The molecular weight excluding hydrogens is 895 g/mol. The van der Waals surface area contributed by atoms with Gasteiger partial charge >= 0.3 is 5.97 Å². The number of anilines is 1. The van der Waals surface area contributed by atoms with Gasteiger partial charge in [-0.1, -0.05) is 66.8 Å². The topological polar surface area (TPSA) is 144 Å². The standard InChI is InChI=1S/C55H78N3O12/c1-6-56-47-21-16-14-19-45(47)54(2,28-31-64-37-39-68-43-41-66-35-33-62-4)49(56)23-11-8-7-9-12-24-50-55(3,29-32-65-38-40-69-44-42-67-36-34-63-5)46-20-15-17-22-48(46)57(50)30-18-10-13-25-53(61)70-58-51(59)26-27-52(58)60/h7-9,11-12,14-17,19-24H,6,10,13,18,25-44H2,1-5H3/q+1.